The van der Waals surface area contributed by atoms with Gasteiger partial charge in [-0.05, 0) is 18.2 Å². The first kappa shape index (κ1) is 15.3. The molecule has 0 aliphatic heterocycles. The smallest absolute Gasteiger partial charge is 0.326 e. The normalized spacial score (nSPS) is 11.9. The van der Waals surface area contributed by atoms with Gasteiger partial charge < -0.3 is 20.9 Å². The third-order valence-corrected chi connectivity index (χ3v) is 2.80. The van der Waals surface area contributed by atoms with Crippen LogP contribution in [-0.4, -0.2) is 36.7 Å². The van der Waals surface area contributed by atoms with Crippen LogP contribution in [0.5, 0.6) is 0 Å². The summed E-state index contributed by atoms with van der Waals surface area (Å²) >= 11 is 5.80. The summed E-state index contributed by atoms with van der Waals surface area (Å²) in [5.74, 6) is -1.64. The van der Waals surface area contributed by atoms with Gasteiger partial charge in [0.1, 0.15) is 6.04 Å². The molecule has 1 atom stereocenters. The van der Waals surface area contributed by atoms with Crippen molar-refractivity contribution >= 4 is 29.2 Å². The van der Waals surface area contributed by atoms with Crippen LogP contribution in [0, 0.1) is 0 Å². The van der Waals surface area contributed by atoms with E-state index in [1.54, 1.807) is 0 Å². The number of aliphatic carboxylic acids is 1. The van der Waals surface area contributed by atoms with Crippen LogP contribution in [0.25, 0.3) is 0 Å². The van der Waals surface area contributed by atoms with E-state index in [4.69, 9.17) is 27.2 Å². The largest absolute Gasteiger partial charge is 0.480 e. The highest BCUT2D eigenvalue weighted by Crippen LogP contribution is 2.19. The molecular weight excluding hydrogens is 272 g/mol. The van der Waals surface area contributed by atoms with Crippen molar-refractivity contribution < 1.29 is 19.4 Å². The van der Waals surface area contributed by atoms with Crippen LogP contribution >= 0.6 is 11.6 Å². The van der Waals surface area contributed by atoms with Crippen molar-refractivity contribution in [3.05, 3.63) is 28.8 Å². The monoisotopic (exact) mass is 286 g/mol. The average molecular weight is 287 g/mol. The van der Waals surface area contributed by atoms with E-state index in [0.29, 0.717) is 5.69 Å². The van der Waals surface area contributed by atoms with Crippen LogP contribution < -0.4 is 11.1 Å². The average Bonchev–Trinajstić information content (AvgIpc) is 2.37. The Morgan fingerprint density at radius 3 is 2.74 bits per heavy atom. The van der Waals surface area contributed by atoms with Crippen LogP contribution in [0.15, 0.2) is 18.2 Å². The number of carbonyl (C=O) groups excluding carboxylic acids is 1. The summed E-state index contributed by atoms with van der Waals surface area (Å²) in [6.07, 6.45) is 0.181. The number of carboxylic acid groups (broad SMARTS) is 1. The number of ether oxygens (including phenoxy) is 1. The summed E-state index contributed by atoms with van der Waals surface area (Å²) in [4.78, 5) is 22.8. The van der Waals surface area contributed by atoms with Crippen molar-refractivity contribution in [2.24, 2.45) is 0 Å². The molecular formula is C12H15ClN2O4. The first-order valence-electron chi connectivity index (χ1n) is 5.53. The van der Waals surface area contributed by atoms with Gasteiger partial charge in [0.2, 0.25) is 0 Å². The van der Waals surface area contributed by atoms with Gasteiger partial charge in [-0.3, -0.25) is 4.79 Å². The molecule has 0 aromatic heterocycles. The molecule has 1 aromatic carbocycles. The maximum absolute atomic E-state index is 11.9. The van der Waals surface area contributed by atoms with E-state index < -0.39 is 17.9 Å². The molecule has 1 rings (SSSR count). The Hall–Kier alpha value is -1.79. The third kappa shape index (κ3) is 4.42. The van der Waals surface area contributed by atoms with Crippen molar-refractivity contribution in [1.82, 2.24) is 5.32 Å². The summed E-state index contributed by atoms with van der Waals surface area (Å²) in [6.45, 7) is 0.236. The zero-order valence-corrected chi connectivity index (χ0v) is 11.1. The van der Waals surface area contributed by atoms with Gasteiger partial charge >= 0.3 is 5.97 Å². The van der Waals surface area contributed by atoms with Crippen LogP contribution in [0.3, 0.4) is 0 Å². The van der Waals surface area contributed by atoms with E-state index in [1.807, 2.05) is 0 Å². The van der Waals surface area contributed by atoms with Gasteiger partial charge in [-0.25, -0.2) is 4.79 Å². The number of carbonyl (C=O) groups is 2. The first-order chi connectivity index (χ1) is 8.95. The lowest BCUT2D eigenvalue weighted by Crippen LogP contribution is -2.41. The summed E-state index contributed by atoms with van der Waals surface area (Å²) in [5.41, 5.74) is 6.14. The lowest BCUT2D eigenvalue weighted by Gasteiger charge is -2.14. The number of nitrogens with one attached hydrogen (secondary N) is 1. The molecule has 0 heterocycles. The van der Waals surface area contributed by atoms with Crippen molar-refractivity contribution in [3.8, 4) is 0 Å². The SMILES string of the molecule is COCCC(NC(=O)c1ccc(N)c(Cl)c1)C(=O)O. The number of methoxy groups -OCH3 is 1. The van der Waals surface area contributed by atoms with E-state index in [2.05, 4.69) is 5.32 Å². The molecule has 0 fully saturated rings. The molecule has 0 radical (unpaired) electrons. The molecule has 0 spiro atoms. The van der Waals surface area contributed by atoms with Gasteiger partial charge in [-0.15, -0.1) is 0 Å². The molecule has 4 N–H and O–H groups in total. The Kier molecular flexibility index (Phi) is 5.59. The highest BCUT2D eigenvalue weighted by molar-refractivity contribution is 6.33. The Morgan fingerprint density at radius 1 is 1.53 bits per heavy atom. The Labute approximate surface area is 115 Å². The second-order valence-electron chi connectivity index (χ2n) is 3.88. The second-order valence-corrected chi connectivity index (χ2v) is 4.29. The van der Waals surface area contributed by atoms with Crippen LogP contribution in [0.1, 0.15) is 16.8 Å². The number of hydrogen-bond acceptors (Lipinski definition) is 4. The number of carboxylic acids is 1. The fourth-order valence-electron chi connectivity index (χ4n) is 1.40. The lowest BCUT2D eigenvalue weighted by molar-refractivity contribution is -0.139. The van der Waals surface area contributed by atoms with E-state index in [1.165, 1.54) is 25.3 Å². The maximum Gasteiger partial charge on any atom is 0.326 e. The predicted molar refractivity (Wildman–Crippen MR) is 71.2 cm³/mol. The highest BCUT2D eigenvalue weighted by Gasteiger charge is 2.20. The molecule has 19 heavy (non-hydrogen) atoms. The number of rotatable bonds is 6. The van der Waals surface area contributed by atoms with E-state index >= 15 is 0 Å². The zero-order valence-electron chi connectivity index (χ0n) is 10.4. The minimum atomic E-state index is -1.12. The topological polar surface area (TPSA) is 102 Å². The number of nitrogens with two attached hydrogens (primary N) is 1. The molecule has 104 valence electrons. The first-order valence-corrected chi connectivity index (χ1v) is 5.91. The molecule has 0 aliphatic rings. The fraction of sp³-hybridized carbons (Fsp3) is 0.333. The third-order valence-electron chi connectivity index (χ3n) is 2.48. The Balaban J connectivity index is 2.75. The summed E-state index contributed by atoms with van der Waals surface area (Å²) in [6, 6.07) is 3.35. The summed E-state index contributed by atoms with van der Waals surface area (Å²) in [7, 11) is 1.46. The highest BCUT2D eigenvalue weighted by atomic mass is 35.5. The number of hydrogen-bond donors (Lipinski definition) is 3. The van der Waals surface area contributed by atoms with Gasteiger partial charge in [-0.1, -0.05) is 11.6 Å². The minimum absolute atomic E-state index is 0.181. The molecule has 1 unspecified atom stereocenters. The van der Waals surface area contributed by atoms with Gasteiger partial charge in [0, 0.05) is 25.7 Å². The lowest BCUT2D eigenvalue weighted by atomic mass is 10.1. The Morgan fingerprint density at radius 2 is 2.21 bits per heavy atom. The molecule has 0 bridgehead atoms. The molecule has 1 amide bonds. The van der Waals surface area contributed by atoms with Crippen molar-refractivity contribution in [1.29, 1.82) is 0 Å². The number of amides is 1. The quantitative estimate of drug-likeness (QED) is 0.681. The van der Waals surface area contributed by atoms with E-state index in [-0.39, 0.29) is 23.6 Å². The Bertz CT molecular complexity index is 479. The molecule has 7 heteroatoms. The summed E-state index contributed by atoms with van der Waals surface area (Å²) in [5, 5.41) is 11.6. The van der Waals surface area contributed by atoms with Gasteiger partial charge in [0.05, 0.1) is 10.7 Å². The van der Waals surface area contributed by atoms with Crippen molar-refractivity contribution in [2.45, 2.75) is 12.5 Å². The number of anilines is 1. The van der Waals surface area contributed by atoms with Gasteiger partial charge in [0.25, 0.3) is 5.91 Å². The fourth-order valence-corrected chi connectivity index (χ4v) is 1.58. The van der Waals surface area contributed by atoms with Crippen LogP contribution in [0.2, 0.25) is 5.02 Å². The second kappa shape index (κ2) is 6.96. The number of halogens is 1. The van der Waals surface area contributed by atoms with Crippen LogP contribution in [-0.2, 0) is 9.53 Å². The van der Waals surface area contributed by atoms with E-state index in [0.717, 1.165) is 0 Å². The van der Waals surface area contributed by atoms with Crippen molar-refractivity contribution in [2.75, 3.05) is 19.5 Å². The zero-order chi connectivity index (χ0) is 14.4. The molecule has 0 aliphatic carbocycles. The molecule has 6 nitrogen and oxygen atoms in total. The molecule has 1 aromatic rings. The number of nitrogen functional groups attached to an aromatic ring is 1. The molecule has 0 saturated carbocycles. The van der Waals surface area contributed by atoms with Gasteiger partial charge in [0.15, 0.2) is 0 Å². The molecule has 0 saturated heterocycles. The maximum atomic E-state index is 11.9. The van der Waals surface area contributed by atoms with Gasteiger partial charge in [-0.2, -0.15) is 0 Å². The number of benzene rings is 1. The van der Waals surface area contributed by atoms with E-state index in [9.17, 15) is 9.59 Å². The standard InChI is InChI=1S/C12H15ClN2O4/c1-19-5-4-10(12(17)18)15-11(16)7-2-3-9(14)8(13)6-7/h2-3,6,10H,4-5,14H2,1H3,(H,15,16)(H,17,18). The predicted octanol–water partition coefficient (Wildman–Crippen LogP) is 1.14. The summed E-state index contributed by atoms with van der Waals surface area (Å²) < 4.78 is 4.79. The van der Waals surface area contributed by atoms with Crippen LogP contribution in [0.4, 0.5) is 5.69 Å². The minimum Gasteiger partial charge on any atom is -0.480 e. The van der Waals surface area contributed by atoms with Crippen molar-refractivity contribution in [3.63, 3.8) is 0 Å².